The van der Waals surface area contributed by atoms with Crippen LogP contribution in [0.1, 0.15) is 34.8 Å². The first-order valence-corrected chi connectivity index (χ1v) is 12.2. The minimum Gasteiger partial charge on any atom is -0.454 e. The van der Waals surface area contributed by atoms with Gasteiger partial charge in [0.1, 0.15) is 18.9 Å². The van der Waals surface area contributed by atoms with E-state index >= 15 is 0 Å². The van der Waals surface area contributed by atoms with E-state index < -0.39 is 6.04 Å². The second-order valence-electron chi connectivity index (χ2n) is 9.73. The number of Topliss-reactive ketones (excluding diaryl/α,β-unsaturated/α-hetero) is 1. The predicted molar refractivity (Wildman–Crippen MR) is 132 cm³/mol. The molecule has 0 aliphatic carbocycles. The molecule has 0 spiro atoms. The third-order valence-corrected chi connectivity index (χ3v) is 7.41. The molecule has 1 N–H and O–H groups in total. The van der Waals surface area contributed by atoms with Gasteiger partial charge in [-0.2, -0.15) is 0 Å². The topological polar surface area (TPSA) is 55.4 Å². The molecule has 3 heterocycles. The van der Waals surface area contributed by atoms with Crippen molar-refractivity contribution >= 4 is 17.4 Å². The van der Waals surface area contributed by atoms with Crippen LogP contribution in [0.25, 0.3) is 0 Å². The van der Waals surface area contributed by atoms with Crippen molar-refractivity contribution in [2.45, 2.75) is 25.0 Å². The molecule has 2 bridgehead atoms. The summed E-state index contributed by atoms with van der Waals surface area (Å²) in [5.41, 5.74) is 2.16. The van der Waals surface area contributed by atoms with Crippen molar-refractivity contribution < 1.29 is 23.2 Å². The summed E-state index contributed by atoms with van der Waals surface area (Å²) in [6.07, 6.45) is 1.66. The fourth-order valence-corrected chi connectivity index (χ4v) is 5.45. The molecule has 3 aliphatic heterocycles. The Morgan fingerprint density at radius 1 is 0.914 bits per heavy atom. The van der Waals surface area contributed by atoms with E-state index in [4.69, 9.17) is 4.74 Å². The predicted octanol–water partition coefficient (Wildman–Crippen LogP) is 5.01. The fraction of sp³-hybridized carbons (Fsp3) is 0.310. The molecule has 3 aromatic carbocycles. The molecule has 2 atom stereocenters. The summed E-state index contributed by atoms with van der Waals surface area (Å²) in [6.45, 7) is 2.97. The first-order valence-electron chi connectivity index (χ1n) is 12.2. The van der Waals surface area contributed by atoms with Gasteiger partial charge in [0.25, 0.3) is 0 Å². The van der Waals surface area contributed by atoms with Crippen LogP contribution in [-0.4, -0.2) is 48.5 Å². The highest BCUT2D eigenvalue weighted by molar-refractivity contribution is 5.97. The van der Waals surface area contributed by atoms with Gasteiger partial charge >= 0.3 is 5.97 Å². The van der Waals surface area contributed by atoms with Crippen molar-refractivity contribution in [3.63, 3.8) is 0 Å². The monoisotopic (exact) mass is 473 g/mol. The molecule has 0 aromatic heterocycles. The number of piperidine rings is 3. The van der Waals surface area contributed by atoms with E-state index in [1.807, 2.05) is 60.7 Å². The third kappa shape index (κ3) is 5.28. The van der Waals surface area contributed by atoms with E-state index in [2.05, 4.69) is 5.32 Å². The van der Waals surface area contributed by atoms with Crippen LogP contribution in [0.2, 0.25) is 0 Å². The number of benzene rings is 3. The first kappa shape index (κ1) is 23.2. The number of anilines is 1. The van der Waals surface area contributed by atoms with Gasteiger partial charge in [-0.25, -0.2) is 9.18 Å². The van der Waals surface area contributed by atoms with Gasteiger partial charge in [0.2, 0.25) is 5.78 Å². The Kier molecular flexibility index (Phi) is 6.64. The Morgan fingerprint density at radius 2 is 1.54 bits per heavy atom. The molecule has 180 valence electrons. The number of carbonyl (C=O) groups excluding carboxylic acids is 2. The van der Waals surface area contributed by atoms with Crippen molar-refractivity contribution in [1.82, 2.24) is 0 Å². The van der Waals surface area contributed by atoms with Crippen molar-refractivity contribution in [2.24, 2.45) is 5.92 Å². The van der Waals surface area contributed by atoms with Crippen LogP contribution in [0.5, 0.6) is 0 Å². The van der Waals surface area contributed by atoms with Crippen LogP contribution in [-0.2, 0) is 9.53 Å². The molecule has 3 aromatic rings. The lowest BCUT2D eigenvalue weighted by atomic mass is 9.82. The SMILES string of the molecule is O=C(C[N+]12CCC(CC1)[C@@H](OC(=O)C(Nc1ccc(F)cc1)c1ccccc1)C2)c1ccccc1. The largest absolute Gasteiger partial charge is 0.454 e. The Balaban J connectivity index is 1.31. The van der Waals surface area contributed by atoms with E-state index in [1.54, 1.807) is 12.1 Å². The minimum absolute atomic E-state index is 0.135. The van der Waals surface area contributed by atoms with Crippen molar-refractivity contribution in [1.29, 1.82) is 0 Å². The number of halogens is 1. The number of fused-ring (bicyclic) bond motifs is 3. The molecule has 6 heteroatoms. The van der Waals surface area contributed by atoms with Crippen molar-refractivity contribution in [3.8, 4) is 0 Å². The second kappa shape index (κ2) is 10.0. The van der Waals surface area contributed by atoms with Gasteiger partial charge in [-0.05, 0) is 29.8 Å². The summed E-state index contributed by atoms with van der Waals surface area (Å²) < 4.78 is 20.2. The zero-order valence-corrected chi connectivity index (χ0v) is 19.6. The van der Waals surface area contributed by atoms with Crippen LogP contribution < -0.4 is 5.32 Å². The molecule has 3 saturated heterocycles. The van der Waals surface area contributed by atoms with Gasteiger partial charge in [-0.15, -0.1) is 0 Å². The number of nitrogens with one attached hydrogen (secondary N) is 1. The molecule has 3 aliphatic rings. The number of rotatable bonds is 8. The Bertz CT molecular complexity index is 1160. The number of ether oxygens (including phenoxy) is 1. The van der Waals surface area contributed by atoms with Crippen LogP contribution >= 0.6 is 0 Å². The van der Waals surface area contributed by atoms with Gasteiger partial charge in [0.05, 0.1) is 13.1 Å². The standard InChI is InChI=1S/C29H30FN2O3/c30-24-11-13-25(14-12-24)31-28(23-9-5-2-6-10-23)29(34)35-27-20-32(17-15-22(27)16-18-32)19-26(33)21-7-3-1-4-8-21/h1-14,22,27-28,31H,15-20H2/q+1/t22?,27-,28?,32?/m0/s1. The summed E-state index contributed by atoms with van der Waals surface area (Å²) in [4.78, 5) is 26.5. The highest BCUT2D eigenvalue weighted by Gasteiger charge is 2.49. The van der Waals surface area contributed by atoms with E-state index in [1.165, 1.54) is 12.1 Å². The number of nitrogens with zero attached hydrogens (tertiary/aromatic N) is 1. The molecule has 0 amide bonds. The van der Waals surface area contributed by atoms with Gasteiger partial charge in [0, 0.05) is 30.0 Å². The maximum atomic E-state index is 13.5. The highest BCUT2D eigenvalue weighted by Crippen LogP contribution is 2.36. The van der Waals surface area contributed by atoms with E-state index in [-0.39, 0.29) is 23.7 Å². The van der Waals surface area contributed by atoms with Crippen LogP contribution in [0.3, 0.4) is 0 Å². The lowest BCUT2D eigenvalue weighted by Gasteiger charge is -2.51. The zero-order chi connectivity index (χ0) is 24.3. The Labute approximate surface area is 205 Å². The molecule has 0 saturated carbocycles. The van der Waals surface area contributed by atoms with Crippen LogP contribution in [0, 0.1) is 11.7 Å². The summed E-state index contributed by atoms with van der Waals surface area (Å²) in [5, 5.41) is 3.22. The lowest BCUT2D eigenvalue weighted by Crippen LogP contribution is -2.65. The number of hydrogen-bond donors (Lipinski definition) is 1. The number of hydrogen-bond acceptors (Lipinski definition) is 4. The molecule has 0 radical (unpaired) electrons. The average Bonchev–Trinajstić information content (AvgIpc) is 2.89. The third-order valence-electron chi connectivity index (χ3n) is 7.41. The van der Waals surface area contributed by atoms with Crippen molar-refractivity contribution in [3.05, 3.63) is 102 Å². The highest BCUT2D eigenvalue weighted by atomic mass is 19.1. The maximum absolute atomic E-state index is 13.5. The summed E-state index contributed by atoms with van der Waals surface area (Å²) in [5.74, 6) is -0.239. The molecule has 6 rings (SSSR count). The van der Waals surface area contributed by atoms with Gasteiger partial charge < -0.3 is 14.5 Å². The molecular weight excluding hydrogens is 443 g/mol. The molecule has 1 unspecified atom stereocenters. The first-order chi connectivity index (χ1) is 17.0. The van der Waals surface area contributed by atoms with E-state index in [0.717, 1.165) is 37.1 Å². The summed E-state index contributed by atoms with van der Waals surface area (Å²) in [7, 11) is 0. The van der Waals surface area contributed by atoms with Crippen molar-refractivity contribution in [2.75, 3.05) is 31.5 Å². The smallest absolute Gasteiger partial charge is 0.333 e. The van der Waals surface area contributed by atoms with E-state index in [9.17, 15) is 14.0 Å². The van der Waals surface area contributed by atoms with Crippen LogP contribution in [0.4, 0.5) is 10.1 Å². The number of quaternary nitrogens is 1. The second-order valence-corrected chi connectivity index (χ2v) is 9.73. The lowest BCUT2D eigenvalue weighted by molar-refractivity contribution is -0.938. The number of esters is 1. The number of ketones is 1. The minimum atomic E-state index is -0.712. The van der Waals surface area contributed by atoms with E-state index in [0.29, 0.717) is 29.2 Å². The Hall–Kier alpha value is -3.51. The Morgan fingerprint density at radius 3 is 2.20 bits per heavy atom. The van der Waals surface area contributed by atoms with Gasteiger partial charge in [-0.1, -0.05) is 60.7 Å². The quantitative estimate of drug-likeness (QED) is 0.284. The maximum Gasteiger partial charge on any atom is 0.333 e. The number of carbonyl (C=O) groups is 2. The fourth-order valence-electron chi connectivity index (χ4n) is 5.45. The normalized spacial score (nSPS) is 23.9. The molecule has 35 heavy (non-hydrogen) atoms. The average molecular weight is 474 g/mol. The summed E-state index contributed by atoms with van der Waals surface area (Å²) in [6, 6.07) is 24.1. The summed E-state index contributed by atoms with van der Waals surface area (Å²) >= 11 is 0. The zero-order valence-electron chi connectivity index (χ0n) is 19.6. The molecule has 3 fully saturated rings. The molecular formula is C29H30FN2O3+. The molecule has 5 nitrogen and oxygen atoms in total. The van der Waals surface area contributed by atoms with Crippen LogP contribution in [0.15, 0.2) is 84.9 Å². The van der Waals surface area contributed by atoms with Gasteiger partial charge in [-0.3, -0.25) is 4.79 Å². The van der Waals surface area contributed by atoms with Gasteiger partial charge in [0.15, 0.2) is 12.1 Å².